The number of hydrogen-bond acceptors (Lipinski definition) is 2. The lowest BCUT2D eigenvalue weighted by Gasteiger charge is -2.29. The van der Waals surface area contributed by atoms with Gasteiger partial charge in [-0.1, -0.05) is 12.1 Å². The first-order chi connectivity index (χ1) is 9.16. The Balaban J connectivity index is 0.00000147. The van der Waals surface area contributed by atoms with Crippen LogP contribution in [0.25, 0.3) is 0 Å². The fraction of sp³-hybridized carbons (Fsp3) is 0.588. The van der Waals surface area contributed by atoms with Crippen molar-refractivity contribution in [2.24, 2.45) is 5.92 Å². The average Bonchev–Trinajstić information content (AvgIpc) is 2.41. The normalized spacial score (nSPS) is 21.1. The summed E-state index contributed by atoms with van der Waals surface area (Å²) in [6.45, 7) is 0.891. The Morgan fingerprint density at radius 1 is 1.10 bits per heavy atom. The van der Waals surface area contributed by atoms with Gasteiger partial charge in [0.2, 0.25) is 0 Å². The van der Waals surface area contributed by atoms with E-state index in [0.717, 1.165) is 37.8 Å². The number of benzene rings is 1. The summed E-state index contributed by atoms with van der Waals surface area (Å²) in [5, 5.41) is 0. The third-order valence-electron chi connectivity index (χ3n) is 4.58. The van der Waals surface area contributed by atoms with Crippen LogP contribution < -0.4 is 0 Å². The summed E-state index contributed by atoms with van der Waals surface area (Å²) >= 11 is 0. The van der Waals surface area contributed by atoms with Gasteiger partial charge in [-0.25, -0.2) is 0 Å². The van der Waals surface area contributed by atoms with Crippen LogP contribution in [0.2, 0.25) is 0 Å². The molecule has 3 rings (SSSR count). The van der Waals surface area contributed by atoms with Crippen LogP contribution >= 0.6 is 12.4 Å². The van der Waals surface area contributed by atoms with Crippen molar-refractivity contribution >= 4 is 18.2 Å². The largest absolute Gasteiger partial charge is 0.309 e. The predicted octanol–water partition coefficient (Wildman–Crippen LogP) is 3.29. The molecule has 0 aromatic heterocycles. The quantitative estimate of drug-likeness (QED) is 0.834. The lowest BCUT2D eigenvalue weighted by atomic mass is 9.76. The Kier molecular flexibility index (Phi) is 4.87. The maximum atomic E-state index is 12.8. The molecule has 0 heterocycles. The van der Waals surface area contributed by atoms with E-state index in [1.54, 1.807) is 0 Å². The molecule has 1 unspecified atom stereocenters. The molecule has 1 aromatic carbocycles. The summed E-state index contributed by atoms with van der Waals surface area (Å²) < 4.78 is 0. The summed E-state index contributed by atoms with van der Waals surface area (Å²) in [6.07, 6.45) is 6.89. The van der Waals surface area contributed by atoms with Crippen LogP contribution in [0.15, 0.2) is 12.1 Å². The standard InChI is InChI=1S/C17H23NO.ClH/c1-18(2)11-14-10-9-13-8-7-12-5-3-4-6-15(12)16(13)17(14)19;/h7-8,14H,3-6,9-11H2,1-2H3;1H. The van der Waals surface area contributed by atoms with Gasteiger partial charge in [0, 0.05) is 18.0 Å². The fourth-order valence-corrected chi connectivity index (χ4v) is 3.67. The van der Waals surface area contributed by atoms with Crippen molar-refractivity contribution in [1.29, 1.82) is 0 Å². The maximum absolute atomic E-state index is 12.8. The number of fused-ring (bicyclic) bond motifs is 3. The SMILES string of the molecule is CN(C)CC1CCc2ccc3c(c2C1=O)CCCC3.Cl. The minimum Gasteiger partial charge on any atom is -0.309 e. The molecule has 0 saturated heterocycles. The van der Waals surface area contributed by atoms with Crippen molar-refractivity contribution in [2.45, 2.75) is 38.5 Å². The van der Waals surface area contributed by atoms with Gasteiger partial charge in [0.15, 0.2) is 5.78 Å². The summed E-state index contributed by atoms with van der Waals surface area (Å²) in [5.74, 6) is 0.615. The zero-order chi connectivity index (χ0) is 13.4. The molecule has 0 spiro atoms. The lowest BCUT2D eigenvalue weighted by Crippen LogP contribution is -2.33. The summed E-state index contributed by atoms with van der Waals surface area (Å²) in [6, 6.07) is 4.48. The van der Waals surface area contributed by atoms with Crippen molar-refractivity contribution in [3.8, 4) is 0 Å². The second kappa shape index (κ2) is 6.28. The van der Waals surface area contributed by atoms with Crippen molar-refractivity contribution in [2.75, 3.05) is 20.6 Å². The molecule has 3 heteroatoms. The van der Waals surface area contributed by atoms with Crippen LogP contribution in [0.5, 0.6) is 0 Å². The van der Waals surface area contributed by atoms with E-state index in [9.17, 15) is 4.79 Å². The highest BCUT2D eigenvalue weighted by Crippen LogP contribution is 2.33. The summed E-state index contributed by atoms with van der Waals surface area (Å²) in [5.41, 5.74) is 5.23. The monoisotopic (exact) mass is 293 g/mol. The van der Waals surface area contributed by atoms with Crippen LogP contribution in [0.3, 0.4) is 0 Å². The van der Waals surface area contributed by atoms with Gasteiger partial charge in [-0.3, -0.25) is 4.79 Å². The fourth-order valence-electron chi connectivity index (χ4n) is 3.67. The number of carbonyl (C=O) groups excluding carboxylic acids is 1. The third-order valence-corrected chi connectivity index (χ3v) is 4.58. The molecular weight excluding hydrogens is 270 g/mol. The minimum absolute atomic E-state index is 0. The highest BCUT2D eigenvalue weighted by molar-refractivity contribution is 6.02. The smallest absolute Gasteiger partial charge is 0.167 e. The topological polar surface area (TPSA) is 20.3 Å². The van der Waals surface area contributed by atoms with E-state index >= 15 is 0 Å². The number of Topliss-reactive ketones (excluding diaryl/α,β-unsaturated/α-hetero) is 1. The molecule has 110 valence electrons. The van der Waals surface area contributed by atoms with E-state index in [1.807, 2.05) is 0 Å². The van der Waals surface area contributed by atoms with Gasteiger partial charge in [-0.05, 0) is 69.3 Å². The van der Waals surface area contributed by atoms with Gasteiger partial charge in [0.25, 0.3) is 0 Å². The second-order valence-corrected chi connectivity index (χ2v) is 6.31. The maximum Gasteiger partial charge on any atom is 0.167 e. The zero-order valence-electron chi connectivity index (χ0n) is 12.4. The molecule has 2 nitrogen and oxygen atoms in total. The van der Waals surface area contributed by atoms with Crippen molar-refractivity contribution < 1.29 is 4.79 Å². The number of halogens is 1. The number of aryl methyl sites for hydroxylation is 2. The van der Waals surface area contributed by atoms with E-state index in [0.29, 0.717) is 5.78 Å². The van der Waals surface area contributed by atoms with Crippen LogP contribution in [0.1, 0.15) is 46.3 Å². The van der Waals surface area contributed by atoms with Gasteiger partial charge >= 0.3 is 0 Å². The molecule has 2 aliphatic rings. The Morgan fingerprint density at radius 3 is 2.55 bits per heavy atom. The predicted molar refractivity (Wildman–Crippen MR) is 85.0 cm³/mol. The Morgan fingerprint density at radius 2 is 1.80 bits per heavy atom. The van der Waals surface area contributed by atoms with Crippen LogP contribution in [0.4, 0.5) is 0 Å². The number of hydrogen-bond donors (Lipinski definition) is 0. The zero-order valence-corrected chi connectivity index (χ0v) is 13.3. The molecule has 0 amide bonds. The average molecular weight is 294 g/mol. The van der Waals surface area contributed by atoms with Crippen molar-refractivity contribution in [3.05, 3.63) is 34.4 Å². The van der Waals surface area contributed by atoms with Crippen LogP contribution in [0, 0.1) is 5.92 Å². The first kappa shape index (κ1) is 15.5. The third kappa shape index (κ3) is 2.77. The van der Waals surface area contributed by atoms with Gasteiger partial charge in [0.1, 0.15) is 0 Å². The molecule has 0 N–H and O–H groups in total. The molecular formula is C17H24ClNO. The van der Waals surface area contributed by atoms with E-state index in [1.165, 1.54) is 29.5 Å². The van der Waals surface area contributed by atoms with Gasteiger partial charge < -0.3 is 4.90 Å². The highest BCUT2D eigenvalue weighted by Gasteiger charge is 2.31. The first-order valence-corrected chi connectivity index (χ1v) is 7.49. The number of rotatable bonds is 2. The molecule has 0 aliphatic heterocycles. The van der Waals surface area contributed by atoms with Crippen molar-refractivity contribution in [3.63, 3.8) is 0 Å². The number of carbonyl (C=O) groups is 1. The van der Waals surface area contributed by atoms with Crippen molar-refractivity contribution in [1.82, 2.24) is 4.90 Å². The van der Waals surface area contributed by atoms with E-state index in [-0.39, 0.29) is 18.3 Å². The molecule has 1 aromatic rings. The molecule has 0 bridgehead atoms. The molecule has 2 aliphatic carbocycles. The Bertz CT molecular complexity index is 510. The summed E-state index contributed by atoms with van der Waals surface area (Å²) in [4.78, 5) is 14.9. The molecule has 1 atom stereocenters. The molecule has 0 radical (unpaired) electrons. The van der Waals surface area contributed by atoms with Crippen LogP contribution in [-0.4, -0.2) is 31.3 Å². The summed E-state index contributed by atoms with van der Waals surface area (Å²) in [7, 11) is 4.12. The van der Waals surface area contributed by atoms with E-state index < -0.39 is 0 Å². The first-order valence-electron chi connectivity index (χ1n) is 7.49. The number of ketones is 1. The Hall–Kier alpha value is -0.860. The Labute approximate surface area is 128 Å². The lowest BCUT2D eigenvalue weighted by molar-refractivity contribution is 0.0876. The molecule has 20 heavy (non-hydrogen) atoms. The van der Waals surface area contributed by atoms with Gasteiger partial charge in [-0.2, -0.15) is 0 Å². The second-order valence-electron chi connectivity index (χ2n) is 6.31. The van der Waals surface area contributed by atoms with E-state index in [4.69, 9.17) is 0 Å². The van der Waals surface area contributed by atoms with Crippen LogP contribution in [-0.2, 0) is 19.3 Å². The van der Waals surface area contributed by atoms with Gasteiger partial charge in [-0.15, -0.1) is 12.4 Å². The van der Waals surface area contributed by atoms with E-state index in [2.05, 4.69) is 31.1 Å². The molecule has 0 saturated carbocycles. The highest BCUT2D eigenvalue weighted by atomic mass is 35.5. The van der Waals surface area contributed by atoms with Gasteiger partial charge in [0.05, 0.1) is 0 Å². The number of nitrogens with zero attached hydrogens (tertiary/aromatic N) is 1. The minimum atomic E-state index is 0. The molecule has 0 fully saturated rings.